The fourth-order valence-electron chi connectivity index (χ4n) is 3.37. The van der Waals surface area contributed by atoms with Gasteiger partial charge in [-0.2, -0.15) is 0 Å². The number of amides is 1. The summed E-state index contributed by atoms with van der Waals surface area (Å²) in [6, 6.07) is 11.9. The normalized spacial score (nSPS) is 13.3. The van der Waals surface area contributed by atoms with Gasteiger partial charge in [0.1, 0.15) is 29.0 Å². The summed E-state index contributed by atoms with van der Waals surface area (Å²) in [7, 11) is 0. The maximum Gasteiger partial charge on any atom is 0.229 e. The molecule has 3 aromatic rings. The second-order valence-electron chi connectivity index (χ2n) is 8.05. The van der Waals surface area contributed by atoms with E-state index in [4.69, 9.17) is 0 Å². The fourth-order valence-corrected chi connectivity index (χ4v) is 3.37. The van der Waals surface area contributed by atoms with Crippen LogP contribution in [0.15, 0.2) is 54.7 Å². The SMILES string of the molecule is CC(C)(O)CC(=O)N1C=Cn2c(nc(-c3cccc(F)c3)c2Nc2ccc(F)cc2)C1. The number of nitrogens with zero attached hydrogens (tertiary/aromatic N) is 3. The number of carbonyl (C=O) groups excluding carboxylic acids is 1. The van der Waals surface area contributed by atoms with Gasteiger partial charge >= 0.3 is 0 Å². The molecule has 0 fully saturated rings. The van der Waals surface area contributed by atoms with Crippen LogP contribution in [0.2, 0.25) is 0 Å². The van der Waals surface area contributed by atoms with Gasteiger partial charge in [0, 0.05) is 23.7 Å². The van der Waals surface area contributed by atoms with Crippen LogP contribution >= 0.6 is 0 Å². The van der Waals surface area contributed by atoms with Crippen LogP contribution in [-0.4, -0.2) is 31.1 Å². The molecule has 0 saturated carbocycles. The Morgan fingerprint density at radius 3 is 2.55 bits per heavy atom. The van der Waals surface area contributed by atoms with E-state index in [2.05, 4.69) is 10.3 Å². The van der Waals surface area contributed by atoms with Crippen LogP contribution in [0.25, 0.3) is 17.5 Å². The van der Waals surface area contributed by atoms with E-state index in [-0.39, 0.29) is 24.7 Å². The van der Waals surface area contributed by atoms with Crippen molar-refractivity contribution in [1.82, 2.24) is 14.5 Å². The molecule has 2 N–H and O–H groups in total. The van der Waals surface area contributed by atoms with Crippen LogP contribution in [0, 0.1) is 11.6 Å². The van der Waals surface area contributed by atoms with Gasteiger partial charge in [-0.25, -0.2) is 13.8 Å². The Morgan fingerprint density at radius 1 is 1.13 bits per heavy atom. The number of hydrogen-bond donors (Lipinski definition) is 2. The molecule has 1 aliphatic rings. The highest BCUT2D eigenvalue weighted by Crippen LogP contribution is 2.34. The number of halogens is 2. The molecule has 0 radical (unpaired) electrons. The van der Waals surface area contributed by atoms with Gasteiger partial charge in [-0.1, -0.05) is 12.1 Å². The van der Waals surface area contributed by atoms with Crippen molar-refractivity contribution in [2.45, 2.75) is 32.4 Å². The number of aromatic nitrogens is 2. The average molecular weight is 424 g/mol. The van der Waals surface area contributed by atoms with Crippen molar-refractivity contribution >= 4 is 23.6 Å². The number of carbonyl (C=O) groups is 1. The Bertz CT molecular complexity index is 1150. The molecule has 0 spiro atoms. The molecule has 4 rings (SSSR count). The van der Waals surface area contributed by atoms with Crippen molar-refractivity contribution in [3.05, 3.63) is 72.2 Å². The molecule has 8 heteroatoms. The number of fused-ring (bicyclic) bond motifs is 1. The molecule has 0 aliphatic carbocycles. The van der Waals surface area contributed by atoms with Crippen molar-refractivity contribution in [3.8, 4) is 11.3 Å². The number of hydrogen-bond acceptors (Lipinski definition) is 4. The smallest absolute Gasteiger partial charge is 0.229 e. The molecule has 31 heavy (non-hydrogen) atoms. The van der Waals surface area contributed by atoms with E-state index in [9.17, 15) is 18.7 Å². The van der Waals surface area contributed by atoms with Gasteiger partial charge in [0.15, 0.2) is 0 Å². The van der Waals surface area contributed by atoms with Crippen LogP contribution < -0.4 is 5.32 Å². The molecular weight excluding hydrogens is 402 g/mol. The second kappa shape index (κ2) is 7.96. The third-order valence-corrected chi connectivity index (χ3v) is 4.80. The summed E-state index contributed by atoms with van der Waals surface area (Å²) in [6.07, 6.45) is 3.27. The lowest BCUT2D eigenvalue weighted by Crippen LogP contribution is -2.34. The third-order valence-electron chi connectivity index (χ3n) is 4.80. The van der Waals surface area contributed by atoms with Gasteiger partial charge in [0.2, 0.25) is 5.91 Å². The van der Waals surface area contributed by atoms with Crippen LogP contribution in [0.4, 0.5) is 20.3 Å². The van der Waals surface area contributed by atoms with E-state index in [0.29, 0.717) is 28.6 Å². The Kier molecular flexibility index (Phi) is 5.32. The highest BCUT2D eigenvalue weighted by molar-refractivity contribution is 5.81. The Labute approximate surface area is 178 Å². The zero-order valence-electron chi connectivity index (χ0n) is 17.1. The number of anilines is 2. The predicted molar refractivity (Wildman–Crippen MR) is 114 cm³/mol. The largest absolute Gasteiger partial charge is 0.390 e. The first-order valence-electron chi connectivity index (χ1n) is 9.79. The molecule has 0 saturated heterocycles. The zero-order chi connectivity index (χ0) is 22.2. The van der Waals surface area contributed by atoms with E-state index < -0.39 is 11.4 Å². The maximum atomic E-state index is 13.9. The summed E-state index contributed by atoms with van der Waals surface area (Å²) in [4.78, 5) is 18.7. The third kappa shape index (κ3) is 4.64. The van der Waals surface area contributed by atoms with E-state index in [1.807, 2.05) is 0 Å². The lowest BCUT2D eigenvalue weighted by atomic mass is 10.0. The summed E-state index contributed by atoms with van der Waals surface area (Å²) in [5, 5.41) is 13.2. The summed E-state index contributed by atoms with van der Waals surface area (Å²) in [6.45, 7) is 3.34. The number of aliphatic hydroxyl groups is 1. The highest BCUT2D eigenvalue weighted by atomic mass is 19.1. The Balaban J connectivity index is 1.73. The first kappa shape index (κ1) is 20.7. The molecule has 0 atom stereocenters. The number of rotatable bonds is 5. The molecule has 0 bridgehead atoms. The number of nitrogens with one attached hydrogen (secondary N) is 1. The molecule has 1 amide bonds. The van der Waals surface area contributed by atoms with Crippen molar-refractivity contribution in [2.75, 3.05) is 5.32 Å². The lowest BCUT2D eigenvalue weighted by Gasteiger charge is -2.25. The lowest BCUT2D eigenvalue weighted by molar-refractivity contribution is -0.133. The fraction of sp³-hybridized carbons (Fsp3) is 0.217. The van der Waals surface area contributed by atoms with Crippen LogP contribution in [0.1, 0.15) is 26.1 Å². The van der Waals surface area contributed by atoms with Crippen molar-refractivity contribution in [1.29, 1.82) is 0 Å². The highest BCUT2D eigenvalue weighted by Gasteiger charge is 2.27. The molecular formula is C23H22F2N4O2. The van der Waals surface area contributed by atoms with Gasteiger partial charge in [-0.3, -0.25) is 9.36 Å². The minimum absolute atomic E-state index is 0.0323. The van der Waals surface area contributed by atoms with Gasteiger partial charge in [0.05, 0.1) is 18.6 Å². The topological polar surface area (TPSA) is 70.4 Å². The van der Waals surface area contributed by atoms with E-state index in [0.717, 1.165) is 0 Å². The molecule has 1 aliphatic heterocycles. The predicted octanol–water partition coefficient (Wildman–Crippen LogP) is 4.50. The molecule has 1 aromatic heterocycles. The maximum absolute atomic E-state index is 13.9. The minimum atomic E-state index is -1.13. The molecule has 2 aromatic carbocycles. The first-order valence-corrected chi connectivity index (χ1v) is 9.79. The molecule has 2 heterocycles. The van der Waals surface area contributed by atoms with Crippen LogP contribution in [-0.2, 0) is 11.3 Å². The van der Waals surface area contributed by atoms with Gasteiger partial charge < -0.3 is 15.3 Å². The first-order chi connectivity index (χ1) is 14.7. The van der Waals surface area contributed by atoms with E-state index in [1.165, 1.54) is 29.2 Å². The monoisotopic (exact) mass is 424 g/mol. The zero-order valence-corrected chi connectivity index (χ0v) is 17.1. The van der Waals surface area contributed by atoms with E-state index in [1.54, 1.807) is 55.1 Å². The van der Waals surface area contributed by atoms with Crippen LogP contribution in [0.3, 0.4) is 0 Å². The number of imidazole rings is 1. The minimum Gasteiger partial charge on any atom is -0.390 e. The number of benzene rings is 2. The second-order valence-corrected chi connectivity index (χ2v) is 8.05. The Morgan fingerprint density at radius 2 is 1.87 bits per heavy atom. The molecule has 6 nitrogen and oxygen atoms in total. The van der Waals surface area contributed by atoms with Crippen molar-refractivity contribution < 1.29 is 18.7 Å². The van der Waals surface area contributed by atoms with Gasteiger partial charge in [-0.05, 0) is 50.2 Å². The molecule has 0 unspecified atom stereocenters. The summed E-state index contributed by atoms with van der Waals surface area (Å²) in [5.74, 6) is 0.146. The quantitative estimate of drug-likeness (QED) is 0.633. The van der Waals surface area contributed by atoms with Crippen molar-refractivity contribution in [2.24, 2.45) is 0 Å². The van der Waals surface area contributed by atoms with E-state index >= 15 is 0 Å². The summed E-state index contributed by atoms with van der Waals surface area (Å²) >= 11 is 0. The Hall–Kier alpha value is -3.52. The van der Waals surface area contributed by atoms with Gasteiger partial charge in [-0.15, -0.1) is 0 Å². The standard InChI is InChI=1S/C23H22F2N4O2/c1-23(2,31)13-20(30)28-10-11-29-19(14-28)27-21(15-4-3-5-17(25)12-15)22(29)26-18-8-6-16(24)7-9-18/h3-12,26,31H,13-14H2,1-2H3. The van der Waals surface area contributed by atoms with Crippen molar-refractivity contribution in [3.63, 3.8) is 0 Å². The molecule has 160 valence electrons. The van der Waals surface area contributed by atoms with Crippen LogP contribution in [0.5, 0.6) is 0 Å². The summed E-state index contributed by atoms with van der Waals surface area (Å²) in [5.41, 5.74) is 0.574. The summed E-state index contributed by atoms with van der Waals surface area (Å²) < 4.78 is 29.0. The average Bonchev–Trinajstić information content (AvgIpc) is 3.06. The van der Waals surface area contributed by atoms with Gasteiger partial charge in [0.25, 0.3) is 0 Å².